The molecule has 0 bridgehead atoms. The Morgan fingerprint density at radius 2 is 1.24 bits per heavy atom. The van der Waals surface area contributed by atoms with Crippen molar-refractivity contribution in [2.75, 3.05) is 84.0 Å². The number of aliphatic hydroxyl groups is 3. The minimum atomic E-state index is -3.81. The third-order valence-corrected chi connectivity index (χ3v) is 29.5. The minimum Gasteiger partial charge on any atom is -0.436 e. The van der Waals surface area contributed by atoms with Crippen molar-refractivity contribution in [3.05, 3.63) is 53.1 Å². The van der Waals surface area contributed by atoms with Crippen molar-refractivity contribution in [2.24, 2.45) is 5.73 Å². The van der Waals surface area contributed by atoms with Crippen LogP contribution in [-0.2, 0) is 48.2 Å². The Hall–Kier alpha value is -1.48. The first-order valence-electron chi connectivity index (χ1n) is 26.1. The first-order chi connectivity index (χ1) is 33.4. The minimum absolute atomic E-state index is 0.0201. The van der Waals surface area contributed by atoms with Gasteiger partial charge in [0.05, 0.1) is 51.8 Å². The van der Waals surface area contributed by atoms with E-state index in [-0.39, 0.29) is 37.4 Å². The summed E-state index contributed by atoms with van der Waals surface area (Å²) < 4.78 is 52.2. The van der Waals surface area contributed by atoms with Crippen molar-refractivity contribution in [1.29, 1.82) is 0 Å². The molecular formula is C49H100N6O11Si5. The number of aryl methyl sites for hydroxylation is 2. The average molecular weight is 1090 g/mol. The standard InChI is InChI=1S/C49H100N6O11Si5/c1-15-42-28-43(16-2)48(41(7)47(42)51)55-49(58)69(11,12)65-71(46-22-18-17-19-23-46,63-67-26-20-24-59-35-44(56)29-53-39(5)33-61-31-37(3)50)66-70(13,14)64-68(9,10)27-21-25-60-36-45(57)30-54-40(6)34-62-32-38(4)52-8/h17-19,22-23,28,37-40,44-45,49,52-58H,15-16,20-21,24-27,29-36,50-51,67H2,1-14H3. The van der Waals surface area contributed by atoms with Gasteiger partial charge in [0.1, 0.15) is 5.85 Å². The molecule has 17 nitrogen and oxygen atoms in total. The number of likely N-dealkylation sites (N-methyl/N-ethyl adjacent to an activating group) is 1. The Balaban J connectivity index is 2.23. The summed E-state index contributed by atoms with van der Waals surface area (Å²) in [5, 5.41) is 47.4. The van der Waals surface area contributed by atoms with E-state index in [4.69, 9.17) is 46.9 Å². The third-order valence-electron chi connectivity index (χ3n) is 12.0. The summed E-state index contributed by atoms with van der Waals surface area (Å²) in [6, 6.07) is 14.1. The monoisotopic (exact) mass is 1090 g/mol. The topological polar surface area (TPSA) is 235 Å². The molecule has 2 aromatic carbocycles. The molecule has 0 fully saturated rings. The molecule has 0 saturated heterocycles. The fraction of sp³-hybridized carbons (Fsp3) is 0.755. The number of ether oxygens (including phenoxy) is 4. The molecule has 0 aliphatic rings. The Bertz CT molecular complexity index is 1750. The van der Waals surface area contributed by atoms with Crippen molar-refractivity contribution in [3.63, 3.8) is 0 Å². The molecule has 11 N–H and O–H groups in total. The first kappa shape index (κ1) is 65.6. The Morgan fingerprint density at radius 3 is 1.79 bits per heavy atom. The maximum Gasteiger partial charge on any atom is 0.507 e. The fourth-order valence-corrected chi connectivity index (χ4v) is 27.8. The number of hydrogen-bond acceptors (Lipinski definition) is 17. The predicted molar refractivity (Wildman–Crippen MR) is 302 cm³/mol. The fourth-order valence-electron chi connectivity index (χ4n) is 7.84. The lowest BCUT2D eigenvalue weighted by Gasteiger charge is -2.44. The van der Waals surface area contributed by atoms with Crippen molar-refractivity contribution in [1.82, 2.24) is 16.0 Å². The summed E-state index contributed by atoms with van der Waals surface area (Å²) in [5.74, 6) is -1.04. The number of anilines is 2. The molecule has 0 amide bonds. The molecule has 8 atom stereocenters. The Labute approximate surface area is 435 Å². The molecule has 0 aliphatic heterocycles. The smallest absolute Gasteiger partial charge is 0.436 e. The summed E-state index contributed by atoms with van der Waals surface area (Å²) in [4.78, 5) is 0. The van der Waals surface area contributed by atoms with Gasteiger partial charge in [-0.15, -0.1) is 0 Å². The van der Waals surface area contributed by atoms with E-state index in [2.05, 4.69) is 74.3 Å². The van der Waals surface area contributed by atoms with Crippen molar-refractivity contribution in [2.45, 2.75) is 168 Å². The van der Waals surface area contributed by atoms with Crippen LogP contribution in [0.3, 0.4) is 0 Å². The zero-order valence-corrected chi connectivity index (χ0v) is 51.7. The Morgan fingerprint density at radius 1 is 0.690 bits per heavy atom. The van der Waals surface area contributed by atoms with Gasteiger partial charge in [0.25, 0.3) is 0 Å². The van der Waals surface area contributed by atoms with Gasteiger partial charge in [-0.05, 0) is 135 Å². The molecular weight excluding hydrogens is 989 g/mol. The number of nitrogen functional groups attached to an aromatic ring is 1. The van der Waals surface area contributed by atoms with E-state index in [0.717, 1.165) is 71.0 Å². The summed E-state index contributed by atoms with van der Waals surface area (Å²) in [6.45, 7) is 31.2. The van der Waals surface area contributed by atoms with Gasteiger partial charge >= 0.3 is 17.4 Å². The van der Waals surface area contributed by atoms with Gasteiger partial charge in [-0.3, -0.25) is 0 Å². The van der Waals surface area contributed by atoms with E-state index in [0.29, 0.717) is 52.7 Å². The molecule has 2 aromatic rings. The van der Waals surface area contributed by atoms with Crippen molar-refractivity contribution >= 4 is 60.3 Å². The molecule has 412 valence electrons. The van der Waals surface area contributed by atoms with E-state index in [1.807, 2.05) is 78.2 Å². The largest absolute Gasteiger partial charge is 0.507 e. The van der Waals surface area contributed by atoms with Gasteiger partial charge in [-0.2, -0.15) is 0 Å². The normalized spacial score (nSPS) is 16.7. The van der Waals surface area contributed by atoms with Crippen molar-refractivity contribution < 1.29 is 50.7 Å². The maximum atomic E-state index is 12.2. The van der Waals surface area contributed by atoms with E-state index >= 15 is 0 Å². The second-order valence-corrected chi connectivity index (χ2v) is 37.8. The van der Waals surface area contributed by atoms with E-state index in [9.17, 15) is 15.3 Å². The Kier molecular flexibility index (Phi) is 31.0. The number of hydrogen-bond donors (Lipinski definition) is 9. The van der Waals surface area contributed by atoms with Gasteiger partial charge in [0.2, 0.25) is 8.32 Å². The zero-order chi connectivity index (χ0) is 53.3. The van der Waals surface area contributed by atoms with Crippen LogP contribution >= 0.6 is 0 Å². The molecule has 8 unspecified atom stereocenters. The zero-order valence-electron chi connectivity index (χ0n) is 46.3. The van der Waals surface area contributed by atoms with Crippen LogP contribution in [0.4, 0.5) is 11.4 Å². The molecule has 0 aliphatic carbocycles. The van der Waals surface area contributed by atoms with Crippen LogP contribution in [0.5, 0.6) is 0 Å². The summed E-state index contributed by atoms with van der Waals surface area (Å²) in [6.07, 6.45) is 1.81. The molecule has 0 heterocycles. The summed E-state index contributed by atoms with van der Waals surface area (Å²) in [5.41, 5.74) is 17.0. The van der Waals surface area contributed by atoms with E-state index in [1.54, 1.807) is 0 Å². The van der Waals surface area contributed by atoms with Gasteiger partial charge in [-0.25, -0.2) is 0 Å². The number of aliphatic hydroxyl groups excluding tert-OH is 3. The first-order valence-corrected chi connectivity index (χ1v) is 38.3. The van der Waals surface area contributed by atoms with Crippen LogP contribution < -0.4 is 37.9 Å². The second kappa shape index (κ2) is 33.5. The van der Waals surface area contributed by atoms with Crippen molar-refractivity contribution in [3.8, 4) is 0 Å². The third kappa shape index (κ3) is 25.7. The lowest BCUT2D eigenvalue weighted by Crippen LogP contribution is -2.69. The molecule has 0 saturated carbocycles. The number of benzene rings is 2. The van der Waals surface area contributed by atoms with Crippen LogP contribution in [0.2, 0.25) is 51.4 Å². The predicted octanol–water partition coefficient (Wildman–Crippen LogP) is 3.98. The van der Waals surface area contributed by atoms with Gasteiger partial charge in [-0.1, -0.05) is 50.2 Å². The molecule has 0 spiro atoms. The van der Waals surface area contributed by atoms with Crippen LogP contribution in [0, 0.1) is 6.92 Å². The SMILES string of the molecule is CCc1cc(CC)c(NC(O)[Si](C)(C)O[Si](O[SiH2]CCCOCC(O)CNC(C)COCC(C)N)(O[Si](C)(C)O[Si](C)(C)CCCOCC(O)CNC(C)COCC(C)NC)c2ccccc2)c(C)c1N. The number of rotatable bonds is 41. The van der Waals surface area contributed by atoms with E-state index < -0.39 is 61.8 Å². The lowest BCUT2D eigenvalue weighted by molar-refractivity contribution is 0.0326. The highest BCUT2D eigenvalue weighted by atomic mass is 28.5. The highest BCUT2D eigenvalue weighted by molar-refractivity contribution is 6.94. The van der Waals surface area contributed by atoms with Crippen LogP contribution in [-0.4, -0.2) is 174 Å². The van der Waals surface area contributed by atoms with Crippen LogP contribution in [0.15, 0.2) is 36.4 Å². The lowest BCUT2D eigenvalue weighted by atomic mass is 9.98. The molecule has 0 aromatic heterocycles. The highest BCUT2D eigenvalue weighted by Gasteiger charge is 2.55. The quantitative estimate of drug-likeness (QED) is 0.0198. The maximum absolute atomic E-state index is 12.2. The molecule has 22 heteroatoms. The highest BCUT2D eigenvalue weighted by Crippen LogP contribution is 2.33. The van der Waals surface area contributed by atoms with Gasteiger partial charge in [0, 0.05) is 67.0 Å². The number of nitrogens with one attached hydrogen (secondary N) is 4. The second-order valence-electron chi connectivity index (χ2n) is 20.8. The number of nitrogens with two attached hydrogens (primary N) is 2. The van der Waals surface area contributed by atoms with Crippen LogP contribution in [0.1, 0.15) is 71.1 Å². The molecule has 0 radical (unpaired) electrons. The summed E-state index contributed by atoms with van der Waals surface area (Å²) >= 11 is 0. The van der Waals surface area contributed by atoms with Gasteiger partial charge in [0.15, 0.2) is 18.1 Å². The van der Waals surface area contributed by atoms with Gasteiger partial charge < -0.3 is 83.5 Å². The summed E-state index contributed by atoms with van der Waals surface area (Å²) in [7, 11) is -11.7. The molecule has 71 heavy (non-hydrogen) atoms. The average Bonchev–Trinajstić information content (AvgIpc) is 3.30. The molecule has 2 rings (SSSR count). The van der Waals surface area contributed by atoms with E-state index in [1.165, 1.54) is 0 Å². The van der Waals surface area contributed by atoms with Crippen LogP contribution in [0.25, 0.3) is 0 Å².